The highest BCUT2D eigenvalue weighted by atomic mass is 15.2. The van der Waals surface area contributed by atoms with Crippen LogP contribution in [0.5, 0.6) is 0 Å². The Bertz CT molecular complexity index is 161. The molecule has 0 radical (unpaired) electrons. The van der Waals surface area contributed by atoms with E-state index in [9.17, 15) is 0 Å². The quantitative estimate of drug-likeness (QED) is 0.649. The third-order valence-corrected chi connectivity index (χ3v) is 3.63. The van der Waals surface area contributed by atoms with Crippen molar-refractivity contribution < 1.29 is 0 Å². The highest BCUT2D eigenvalue weighted by molar-refractivity contribution is 4.92. The van der Waals surface area contributed by atoms with Crippen molar-refractivity contribution in [3.05, 3.63) is 0 Å². The first-order valence-corrected chi connectivity index (χ1v) is 5.74. The molecule has 1 nitrogen and oxygen atoms in total. The molecule has 1 atom stereocenters. The summed E-state index contributed by atoms with van der Waals surface area (Å²) in [5.74, 6) is 0. The number of hydrogen-bond donors (Lipinski definition) is 0. The lowest BCUT2D eigenvalue weighted by molar-refractivity contribution is 0.0889. The molecule has 0 N–H and O–H groups in total. The smallest absolute Gasteiger partial charge is 0.0149 e. The van der Waals surface area contributed by atoms with Gasteiger partial charge in [0.2, 0.25) is 0 Å². The van der Waals surface area contributed by atoms with Gasteiger partial charge in [-0.05, 0) is 38.6 Å². The molecular weight excluding hydrogens is 158 g/mol. The van der Waals surface area contributed by atoms with Crippen molar-refractivity contribution in [1.82, 2.24) is 4.90 Å². The van der Waals surface area contributed by atoms with E-state index in [0.717, 1.165) is 6.04 Å². The second-order valence-corrected chi connectivity index (χ2v) is 5.32. The van der Waals surface area contributed by atoms with Crippen molar-refractivity contribution in [1.29, 1.82) is 0 Å². The van der Waals surface area contributed by atoms with E-state index in [-0.39, 0.29) is 0 Å². The van der Waals surface area contributed by atoms with Gasteiger partial charge in [0.1, 0.15) is 0 Å². The molecule has 0 aliphatic heterocycles. The lowest BCUT2D eigenvalue weighted by atomic mass is 9.86. The highest BCUT2D eigenvalue weighted by Gasteiger charge is 2.38. The van der Waals surface area contributed by atoms with Crippen LogP contribution in [0.1, 0.15) is 53.9 Å². The van der Waals surface area contributed by atoms with E-state index in [2.05, 4.69) is 39.5 Å². The van der Waals surface area contributed by atoms with Crippen LogP contribution in [0, 0.1) is 5.41 Å². The second-order valence-electron chi connectivity index (χ2n) is 5.32. The Labute approximate surface area is 83.5 Å². The first-order chi connectivity index (χ1) is 5.99. The SMILES string of the molecule is CCN(C(C)C)C1CCCC1(C)C. The summed E-state index contributed by atoms with van der Waals surface area (Å²) in [5, 5.41) is 0. The Kier molecular flexibility index (Phi) is 3.39. The molecule has 0 spiro atoms. The average molecular weight is 183 g/mol. The van der Waals surface area contributed by atoms with E-state index in [0.29, 0.717) is 11.5 Å². The number of nitrogens with zero attached hydrogens (tertiary/aromatic N) is 1. The first-order valence-electron chi connectivity index (χ1n) is 5.74. The summed E-state index contributed by atoms with van der Waals surface area (Å²) in [7, 11) is 0. The Hall–Kier alpha value is -0.0400. The topological polar surface area (TPSA) is 3.24 Å². The van der Waals surface area contributed by atoms with E-state index in [1.807, 2.05) is 0 Å². The Morgan fingerprint density at radius 2 is 2.00 bits per heavy atom. The van der Waals surface area contributed by atoms with Crippen molar-refractivity contribution in [2.45, 2.75) is 66.0 Å². The Morgan fingerprint density at radius 3 is 2.31 bits per heavy atom. The van der Waals surface area contributed by atoms with Crippen molar-refractivity contribution in [3.8, 4) is 0 Å². The van der Waals surface area contributed by atoms with Crippen LogP contribution < -0.4 is 0 Å². The van der Waals surface area contributed by atoms with Crippen LogP contribution in [0.2, 0.25) is 0 Å². The lowest BCUT2D eigenvalue weighted by Crippen LogP contribution is -2.45. The predicted octanol–water partition coefficient (Wildman–Crippen LogP) is 3.30. The molecule has 1 rings (SSSR count). The third kappa shape index (κ3) is 2.25. The van der Waals surface area contributed by atoms with E-state index in [1.54, 1.807) is 0 Å². The lowest BCUT2D eigenvalue weighted by Gasteiger charge is -2.39. The molecule has 0 bridgehead atoms. The fourth-order valence-corrected chi connectivity index (χ4v) is 2.87. The summed E-state index contributed by atoms with van der Waals surface area (Å²) in [5.41, 5.74) is 0.542. The van der Waals surface area contributed by atoms with Crippen LogP contribution in [-0.4, -0.2) is 23.5 Å². The molecule has 1 heteroatoms. The predicted molar refractivity (Wildman–Crippen MR) is 58.9 cm³/mol. The summed E-state index contributed by atoms with van der Waals surface area (Å²) in [6.45, 7) is 13.0. The minimum absolute atomic E-state index is 0.542. The Morgan fingerprint density at radius 1 is 1.38 bits per heavy atom. The molecule has 78 valence electrons. The molecule has 0 aromatic carbocycles. The largest absolute Gasteiger partial charge is 0.298 e. The third-order valence-electron chi connectivity index (χ3n) is 3.63. The van der Waals surface area contributed by atoms with Crippen LogP contribution in [0.15, 0.2) is 0 Å². The van der Waals surface area contributed by atoms with Crippen molar-refractivity contribution in [3.63, 3.8) is 0 Å². The van der Waals surface area contributed by atoms with Gasteiger partial charge in [0.15, 0.2) is 0 Å². The maximum Gasteiger partial charge on any atom is 0.0149 e. The van der Waals surface area contributed by atoms with Crippen molar-refractivity contribution >= 4 is 0 Å². The summed E-state index contributed by atoms with van der Waals surface area (Å²) < 4.78 is 0. The zero-order valence-electron chi connectivity index (χ0n) is 9.93. The van der Waals surface area contributed by atoms with Gasteiger partial charge in [0.25, 0.3) is 0 Å². The van der Waals surface area contributed by atoms with Gasteiger partial charge in [-0.15, -0.1) is 0 Å². The summed E-state index contributed by atoms with van der Waals surface area (Å²) in [4.78, 5) is 2.66. The Balaban J connectivity index is 2.68. The standard InChI is InChI=1S/C12H25N/c1-6-13(10(2)3)11-8-7-9-12(11,4)5/h10-11H,6-9H2,1-5H3. The van der Waals surface area contributed by atoms with Crippen LogP contribution >= 0.6 is 0 Å². The molecule has 1 fully saturated rings. The molecule has 0 aromatic rings. The van der Waals surface area contributed by atoms with Crippen LogP contribution in [0.4, 0.5) is 0 Å². The van der Waals surface area contributed by atoms with Gasteiger partial charge in [-0.1, -0.05) is 27.2 Å². The molecule has 1 saturated carbocycles. The molecule has 0 heterocycles. The molecule has 1 unspecified atom stereocenters. The summed E-state index contributed by atoms with van der Waals surface area (Å²) >= 11 is 0. The highest BCUT2D eigenvalue weighted by Crippen LogP contribution is 2.40. The van der Waals surface area contributed by atoms with E-state index >= 15 is 0 Å². The van der Waals surface area contributed by atoms with Gasteiger partial charge in [-0.25, -0.2) is 0 Å². The summed E-state index contributed by atoms with van der Waals surface area (Å²) in [6.07, 6.45) is 4.22. The second kappa shape index (κ2) is 4.00. The van der Waals surface area contributed by atoms with Crippen LogP contribution in [0.25, 0.3) is 0 Å². The molecule has 0 amide bonds. The maximum atomic E-state index is 2.66. The van der Waals surface area contributed by atoms with Gasteiger partial charge in [-0.3, -0.25) is 4.90 Å². The van der Waals surface area contributed by atoms with Crippen molar-refractivity contribution in [2.75, 3.05) is 6.54 Å². The van der Waals surface area contributed by atoms with Gasteiger partial charge < -0.3 is 0 Å². The molecular formula is C12H25N. The normalized spacial score (nSPS) is 27.5. The zero-order valence-corrected chi connectivity index (χ0v) is 9.93. The average Bonchev–Trinajstić information content (AvgIpc) is 2.32. The molecule has 1 aliphatic carbocycles. The zero-order chi connectivity index (χ0) is 10.1. The molecule has 0 aromatic heterocycles. The van der Waals surface area contributed by atoms with E-state index < -0.39 is 0 Å². The van der Waals surface area contributed by atoms with Gasteiger partial charge in [-0.2, -0.15) is 0 Å². The van der Waals surface area contributed by atoms with E-state index in [1.165, 1.54) is 25.8 Å². The molecule has 13 heavy (non-hydrogen) atoms. The van der Waals surface area contributed by atoms with Gasteiger partial charge >= 0.3 is 0 Å². The van der Waals surface area contributed by atoms with Crippen molar-refractivity contribution in [2.24, 2.45) is 5.41 Å². The monoisotopic (exact) mass is 183 g/mol. The van der Waals surface area contributed by atoms with E-state index in [4.69, 9.17) is 0 Å². The molecule has 0 saturated heterocycles. The fourth-order valence-electron chi connectivity index (χ4n) is 2.87. The van der Waals surface area contributed by atoms with Crippen LogP contribution in [-0.2, 0) is 0 Å². The minimum Gasteiger partial charge on any atom is -0.298 e. The van der Waals surface area contributed by atoms with Crippen LogP contribution in [0.3, 0.4) is 0 Å². The maximum absolute atomic E-state index is 2.66. The van der Waals surface area contributed by atoms with Gasteiger partial charge in [0, 0.05) is 12.1 Å². The first kappa shape index (κ1) is 11.0. The fraction of sp³-hybridized carbons (Fsp3) is 1.00. The minimum atomic E-state index is 0.542. The summed E-state index contributed by atoms with van der Waals surface area (Å²) in [6, 6.07) is 1.52. The molecule has 1 aliphatic rings. The number of hydrogen-bond acceptors (Lipinski definition) is 1. The van der Waals surface area contributed by atoms with Gasteiger partial charge in [0.05, 0.1) is 0 Å². The number of rotatable bonds is 3.